The molecule has 0 bridgehead atoms. The highest BCUT2D eigenvalue weighted by Gasteiger charge is 2.16. The highest BCUT2D eigenvalue weighted by molar-refractivity contribution is 5.81. The van der Waals surface area contributed by atoms with Crippen LogP contribution in [-0.2, 0) is 4.79 Å². The fraction of sp³-hybridized carbons (Fsp3) is 0.462. The van der Waals surface area contributed by atoms with Crippen molar-refractivity contribution in [1.29, 1.82) is 0 Å². The van der Waals surface area contributed by atoms with Gasteiger partial charge in [0, 0.05) is 37.7 Å². The Morgan fingerprint density at radius 1 is 1.31 bits per heavy atom. The van der Waals surface area contributed by atoms with Gasteiger partial charge in [-0.15, -0.1) is 0 Å². The molecule has 1 aliphatic rings. The summed E-state index contributed by atoms with van der Waals surface area (Å²) in [7, 11) is 0. The maximum absolute atomic E-state index is 11.2. The molecular formula is C13H17NO2. The Labute approximate surface area is 96.0 Å². The number of hydrogen-bond donors (Lipinski definition) is 0. The largest absolute Gasteiger partial charge is 0.494 e. The van der Waals surface area contributed by atoms with Gasteiger partial charge in [0.2, 0.25) is 0 Å². The first-order valence-corrected chi connectivity index (χ1v) is 5.79. The second-order valence-corrected chi connectivity index (χ2v) is 3.96. The van der Waals surface area contributed by atoms with E-state index in [2.05, 4.69) is 11.0 Å². The van der Waals surface area contributed by atoms with Crippen LogP contribution in [0.4, 0.5) is 5.69 Å². The van der Waals surface area contributed by atoms with Crippen LogP contribution in [0.25, 0.3) is 0 Å². The number of carbonyl (C=O) groups is 1. The number of ketones is 1. The highest BCUT2D eigenvalue weighted by atomic mass is 16.5. The maximum atomic E-state index is 11.2. The molecule has 2 rings (SSSR count). The van der Waals surface area contributed by atoms with E-state index in [0.717, 1.165) is 24.5 Å². The second kappa shape index (κ2) is 5.01. The van der Waals surface area contributed by atoms with Gasteiger partial charge in [0.05, 0.1) is 6.61 Å². The maximum Gasteiger partial charge on any atom is 0.136 e. The Balaban J connectivity index is 2.08. The van der Waals surface area contributed by atoms with Crippen LogP contribution in [0, 0.1) is 0 Å². The lowest BCUT2D eigenvalue weighted by atomic mass is 10.1. The Hall–Kier alpha value is -1.51. The van der Waals surface area contributed by atoms with E-state index in [1.54, 1.807) is 0 Å². The van der Waals surface area contributed by atoms with E-state index < -0.39 is 0 Å². The van der Waals surface area contributed by atoms with E-state index >= 15 is 0 Å². The molecule has 0 N–H and O–H groups in total. The predicted octanol–water partition coefficient (Wildman–Crippen LogP) is 2.25. The molecule has 1 aromatic carbocycles. The summed E-state index contributed by atoms with van der Waals surface area (Å²) >= 11 is 0. The summed E-state index contributed by atoms with van der Waals surface area (Å²) in [6.07, 6.45) is 1.33. The third kappa shape index (κ3) is 2.54. The quantitative estimate of drug-likeness (QED) is 0.781. The minimum Gasteiger partial charge on any atom is -0.494 e. The molecule has 0 atom stereocenters. The van der Waals surface area contributed by atoms with Gasteiger partial charge in [0.25, 0.3) is 0 Å². The SMILES string of the molecule is CCOc1cccc(N2CCC(=O)CC2)c1. The first kappa shape index (κ1) is 11.0. The van der Waals surface area contributed by atoms with Gasteiger partial charge in [-0.05, 0) is 19.1 Å². The second-order valence-electron chi connectivity index (χ2n) is 3.96. The summed E-state index contributed by atoms with van der Waals surface area (Å²) in [6.45, 7) is 4.32. The Morgan fingerprint density at radius 2 is 2.06 bits per heavy atom. The molecule has 1 aliphatic heterocycles. The molecule has 0 spiro atoms. The molecule has 86 valence electrons. The van der Waals surface area contributed by atoms with Crippen molar-refractivity contribution in [3.8, 4) is 5.75 Å². The van der Waals surface area contributed by atoms with Gasteiger partial charge in [0.15, 0.2) is 0 Å². The predicted molar refractivity (Wildman–Crippen MR) is 64.1 cm³/mol. The number of Topliss-reactive ketones (excluding diaryl/α,β-unsaturated/α-hetero) is 1. The van der Waals surface area contributed by atoms with E-state index in [9.17, 15) is 4.79 Å². The molecule has 1 heterocycles. The van der Waals surface area contributed by atoms with E-state index in [1.807, 2.05) is 25.1 Å². The van der Waals surface area contributed by atoms with Crippen LogP contribution in [0.5, 0.6) is 5.75 Å². The molecule has 3 heteroatoms. The lowest BCUT2D eigenvalue weighted by Crippen LogP contribution is -2.33. The van der Waals surface area contributed by atoms with Crippen molar-refractivity contribution < 1.29 is 9.53 Å². The van der Waals surface area contributed by atoms with E-state index in [0.29, 0.717) is 25.2 Å². The van der Waals surface area contributed by atoms with Gasteiger partial charge < -0.3 is 9.64 Å². The molecule has 3 nitrogen and oxygen atoms in total. The van der Waals surface area contributed by atoms with Crippen molar-refractivity contribution >= 4 is 11.5 Å². The standard InChI is InChI=1S/C13H17NO2/c1-2-16-13-5-3-4-11(10-13)14-8-6-12(15)7-9-14/h3-5,10H,2,6-9H2,1H3. The summed E-state index contributed by atoms with van der Waals surface area (Å²) in [4.78, 5) is 13.4. The molecular weight excluding hydrogens is 202 g/mol. The zero-order valence-corrected chi connectivity index (χ0v) is 9.61. The number of piperidine rings is 1. The zero-order chi connectivity index (χ0) is 11.4. The topological polar surface area (TPSA) is 29.5 Å². The van der Waals surface area contributed by atoms with Gasteiger partial charge in [-0.1, -0.05) is 6.07 Å². The van der Waals surface area contributed by atoms with Gasteiger partial charge in [-0.2, -0.15) is 0 Å². The van der Waals surface area contributed by atoms with E-state index in [4.69, 9.17) is 4.74 Å². The molecule has 1 fully saturated rings. The van der Waals surface area contributed by atoms with Crippen molar-refractivity contribution in [3.05, 3.63) is 24.3 Å². The Morgan fingerprint density at radius 3 is 2.75 bits per heavy atom. The van der Waals surface area contributed by atoms with Crippen molar-refractivity contribution in [3.63, 3.8) is 0 Å². The Kier molecular flexibility index (Phi) is 3.44. The lowest BCUT2D eigenvalue weighted by molar-refractivity contribution is -0.119. The van der Waals surface area contributed by atoms with E-state index in [1.165, 1.54) is 0 Å². The minimum absolute atomic E-state index is 0.372. The lowest BCUT2D eigenvalue weighted by Gasteiger charge is -2.28. The average molecular weight is 219 g/mol. The Bertz CT molecular complexity index is 366. The van der Waals surface area contributed by atoms with Gasteiger partial charge in [-0.25, -0.2) is 0 Å². The van der Waals surface area contributed by atoms with Gasteiger partial charge >= 0.3 is 0 Å². The third-order valence-corrected chi connectivity index (χ3v) is 2.81. The molecule has 0 unspecified atom stereocenters. The zero-order valence-electron chi connectivity index (χ0n) is 9.61. The molecule has 1 saturated heterocycles. The molecule has 0 aliphatic carbocycles. The van der Waals surface area contributed by atoms with Crippen LogP contribution < -0.4 is 9.64 Å². The summed E-state index contributed by atoms with van der Waals surface area (Å²) < 4.78 is 5.46. The van der Waals surface area contributed by atoms with Crippen LogP contribution in [0.2, 0.25) is 0 Å². The number of ether oxygens (including phenoxy) is 1. The number of hydrogen-bond acceptors (Lipinski definition) is 3. The average Bonchev–Trinajstić information content (AvgIpc) is 2.31. The first-order chi connectivity index (χ1) is 7.79. The molecule has 1 aromatic rings. The van der Waals surface area contributed by atoms with Gasteiger partial charge in [-0.3, -0.25) is 4.79 Å². The summed E-state index contributed by atoms with van der Waals surface area (Å²) in [5.74, 6) is 1.27. The van der Waals surface area contributed by atoms with Crippen LogP contribution in [0.3, 0.4) is 0 Å². The van der Waals surface area contributed by atoms with Crippen molar-refractivity contribution in [2.45, 2.75) is 19.8 Å². The van der Waals surface area contributed by atoms with Crippen LogP contribution in [0.1, 0.15) is 19.8 Å². The van der Waals surface area contributed by atoms with Crippen molar-refractivity contribution in [2.24, 2.45) is 0 Å². The number of anilines is 1. The summed E-state index contributed by atoms with van der Waals surface area (Å²) in [6, 6.07) is 8.07. The molecule has 0 amide bonds. The monoisotopic (exact) mass is 219 g/mol. The van der Waals surface area contributed by atoms with Crippen molar-refractivity contribution in [2.75, 3.05) is 24.6 Å². The number of benzene rings is 1. The first-order valence-electron chi connectivity index (χ1n) is 5.79. The molecule has 0 saturated carbocycles. The number of carbonyl (C=O) groups excluding carboxylic acids is 1. The molecule has 0 aromatic heterocycles. The van der Waals surface area contributed by atoms with Crippen LogP contribution in [-0.4, -0.2) is 25.5 Å². The molecule has 16 heavy (non-hydrogen) atoms. The highest BCUT2D eigenvalue weighted by Crippen LogP contribution is 2.23. The number of nitrogens with zero attached hydrogens (tertiary/aromatic N) is 1. The molecule has 0 radical (unpaired) electrons. The summed E-state index contributed by atoms with van der Waals surface area (Å²) in [5, 5.41) is 0. The normalized spacial score (nSPS) is 16.3. The number of rotatable bonds is 3. The van der Waals surface area contributed by atoms with Gasteiger partial charge in [0.1, 0.15) is 11.5 Å². The van der Waals surface area contributed by atoms with E-state index in [-0.39, 0.29) is 0 Å². The van der Waals surface area contributed by atoms with Crippen LogP contribution >= 0.6 is 0 Å². The smallest absolute Gasteiger partial charge is 0.136 e. The fourth-order valence-corrected chi connectivity index (χ4v) is 1.95. The fourth-order valence-electron chi connectivity index (χ4n) is 1.95. The summed E-state index contributed by atoms with van der Waals surface area (Å²) in [5.41, 5.74) is 1.15. The minimum atomic E-state index is 0.372. The third-order valence-electron chi connectivity index (χ3n) is 2.81. The van der Waals surface area contributed by atoms with Crippen LogP contribution in [0.15, 0.2) is 24.3 Å². The van der Waals surface area contributed by atoms with Crippen molar-refractivity contribution in [1.82, 2.24) is 0 Å².